The van der Waals surface area contributed by atoms with E-state index in [1.807, 2.05) is 0 Å². The van der Waals surface area contributed by atoms with Gasteiger partial charge in [-0.25, -0.2) is 5.01 Å². The molecule has 0 N–H and O–H groups in total. The van der Waals surface area contributed by atoms with Gasteiger partial charge in [0.25, 0.3) is 5.91 Å². The molecular weight excluding hydrogens is 372 g/mol. The number of nitrogens with zero attached hydrogens (tertiary/aromatic N) is 4. The molecule has 0 bridgehead atoms. The molecule has 30 heavy (non-hydrogen) atoms. The number of hydrogen-bond acceptors (Lipinski definition) is 4. The fraction of sp³-hybridized carbons (Fsp3) is 0.440. The van der Waals surface area contributed by atoms with Crippen LogP contribution in [-0.2, 0) is 4.79 Å². The Morgan fingerprint density at radius 3 is 2.47 bits per heavy atom. The molecule has 2 heterocycles. The fourth-order valence-corrected chi connectivity index (χ4v) is 4.37. The summed E-state index contributed by atoms with van der Waals surface area (Å²) in [5.41, 5.74) is 6.94. The third-order valence-electron chi connectivity index (χ3n) is 6.27. The van der Waals surface area contributed by atoms with Crippen molar-refractivity contribution in [3.63, 3.8) is 0 Å². The highest BCUT2D eigenvalue weighted by Crippen LogP contribution is 2.35. The molecule has 4 rings (SSSR count). The summed E-state index contributed by atoms with van der Waals surface area (Å²) in [5, 5.41) is 6.63. The Morgan fingerprint density at radius 1 is 1.00 bits per heavy atom. The first-order chi connectivity index (χ1) is 14.4. The molecule has 2 aliphatic heterocycles. The predicted molar refractivity (Wildman–Crippen MR) is 122 cm³/mol. The van der Waals surface area contributed by atoms with Gasteiger partial charge in [-0.3, -0.25) is 9.69 Å². The summed E-state index contributed by atoms with van der Waals surface area (Å²) in [6, 6.07) is 14.9. The Bertz CT molecular complexity index is 959. The number of rotatable bonds is 4. The molecule has 1 saturated heterocycles. The van der Waals surface area contributed by atoms with E-state index in [1.165, 1.54) is 22.3 Å². The van der Waals surface area contributed by atoms with Crippen LogP contribution in [0.3, 0.4) is 0 Å². The van der Waals surface area contributed by atoms with Crippen LogP contribution < -0.4 is 0 Å². The Balaban J connectivity index is 1.63. The van der Waals surface area contributed by atoms with Crippen LogP contribution in [0.25, 0.3) is 0 Å². The molecule has 1 unspecified atom stereocenters. The summed E-state index contributed by atoms with van der Waals surface area (Å²) >= 11 is 0. The standard InChI is InChI=1S/C25H32N4O/c1-18-6-5-7-21(14-18)23-16-24(22-15-19(2)8-9-20(22)3)29(26-23)25(30)17-28-12-10-27(4)11-13-28/h5-9,14-15,24H,10-13,16-17H2,1-4H3. The van der Waals surface area contributed by atoms with Gasteiger partial charge in [0.2, 0.25) is 0 Å². The Kier molecular flexibility index (Phi) is 6.02. The van der Waals surface area contributed by atoms with Crippen molar-refractivity contribution < 1.29 is 4.79 Å². The second-order valence-corrected chi connectivity index (χ2v) is 8.81. The molecule has 0 spiro atoms. The predicted octanol–water partition coefficient (Wildman–Crippen LogP) is 3.54. The summed E-state index contributed by atoms with van der Waals surface area (Å²) in [4.78, 5) is 17.9. The smallest absolute Gasteiger partial charge is 0.257 e. The van der Waals surface area contributed by atoms with E-state index in [2.05, 4.69) is 80.1 Å². The van der Waals surface area contributed by atoms with E-state index >= 15 is 0 Å². The van der Waals surface area contributed by atoms with Gasteiger partial charge < -0.3 is 4.90 Å². The van der Waals surface area contributed by atoms with Crippen molar-refractivity contribution in [2.75, 3.05) is 39.8 Å². The molecule has 0 aromatic heterocycles. The largest absolute Gasteiger partial charge is 0.304 e. The maximum absolute atomic E-state index is 13.4. The van der Waals surface area contributed by atoms with E-state index in [1.54, 1.807) is 5.01 Å². The molecular formula is C25H32N4O. The summed E-state index contributed by atoms with van der Waals surface area (Å²) in [5.74, 6) is 0.0908. The van der Waals surface area contributed by atoms with E-state index in [4.69, 9.17) is 5.10 Å². The van der Waals surface area contributed by atoms with Crippen molar-refractivity contribution >= 4 is 11.6 Å². The third kappa shape index (κ3) is 4.47. The number of likely N-dealkylation sites (N-methyl/N-ethyl adjacent to an activating group) is 1. The second-order valence-electron chi connectivity index (χ2n) is 8.81. The lowest BCUT2D eigenvalue weighted by molar-refractivity contribution is -0.134. The molecule has 1 amide bonds. The number of benzene rings is 2. The van der Waals surface area contributed by atoms with Crippen LogP contribution in [0.4, 0.5) is 0 Å². The Labute approximate surface area is 180 Å². The van der Waals surface area contributed by atoms with Crippen molar-refractivity contribution in [2.45, 2.75) is 33.2 Å². The highest BCUT2D eigenvalue weighted by Gasteiger charge is 2.34. The molecule has 2 aromatic rings. The monoisotopic (exact) mass is 404 g/mol. The number of amides is 1. The zero-order chi connectivity index (χ0) is 21.3. The third-order valence-corrected chi connectivity index (χ3v) is 6.27. The van der Waals surface area contributed by atoms with Gasteiger partial charge in [0.05, 0.1) is 18.3 Å². The van der Waals surface area contributed by atoms with Crippen LogP contribution in [0, 0.1) is 20.8 Å². The number of carbonyl (C=O) groups excluding carboxylic acids is 1. The fourth-order valence-electron chi connectivity index (χ4n) is 4.37. The zero-order valence-electron chi connectivity index (χ0n) is 18.6. The van der Waals surface area contributed by atoms with E-state index in [0.717, 1.165) is 43.9 Å². The summed E-state index contributed by atoms with van der Waals surface area (Å²) in [6.07, 6.45) is 0.752. The number of aryl methyl sites for hydroxylation is 3. The van der Waals surface area contributed by atoms with Crippen LogP contribution >= 0.6 is 0 Å². The van der Waals surface area contributed by atoms with Crippen LogP contribution in [0.15, 0.2) is 47.6 Å². The first-order valence-electron chi connectivity index (χ1n) is 10.9. The Morgan fingerprint density at radius 2 is 1.73 bits per heavy atom. The highest BCUT2D eigenvalue weighted by atomic mass is 16.2. The van der Waals surface area contributed by atoms with Crippen molar-refractivity contribution in [2.24, 2.45) is 5.10 Å². The van der Waals surface area contributed by atoms with Gasteiger partial charge in [-0.2, -0.15) is 5.10 Å². The van der Waals surface area contributed by atoms with Crippen LogP contribution in [-0.4, -0.2) is 66.2 Å². The molecule has 5 nitrogen and oxygen atoms in total. The van der Waals surface area contributed by atoms with E-state index in [-0.39, 0.29) is 11.9 Å². The van der Waals surface area contributed by atoms with Crippen molar-refractivity contribution in [1.29, 1.82) is 0 Å². The maximum atomic E-state index is 13.4. The number of hydrazone groups is 1. The Hall–Kier alpha value is -2.50. The minimum atomic E-state index is -0.0413. The van der Waals surface area contributed by atoms with E-state index < -0.39 is 0 Å². The molecule has 0 radical (unpaired) electrons. The summed E-state index contributed by atoms with van der Waals surface area (Å²) in [6.45, 7) is 10.6. The van der Waals surface area contributed by atoms with Gasteiger partial charge >= 0.3 is 0 Å². The normalized spacial score (nSPS) is 20.5. The summed E-state index contributed by atoms with van der Waals surface area (Å²) in [7, 11) is 2.13. The average molecular weight is 405 g/mol. The van der Waals surface area contributed by atoms with Crippen molar-refractivity contribution in [1.82, 2.24) is 14.8 Å². The van der Waals surface area contributed by atoms with E-state index in [0.29, 0.717) is 6.54 Å². The molecule has 2 aromatic carbocycles. The quantitative estimate of drug-likeness (QED) is 0.783. The average Bonchev–Trinajstić information content (AvgIpc) is 3.17. The lowest BCUT2D eigenvalue weighted by atomic mass is 9.93. The van der Waals surface area contributed by atoms with Crippen LogP contribution in [0.1, 0.15) is 40.3 Å². The van der Waals surface area contributed by atoms with Gasteiger partial charge in [0, 0.05) is 32.6 Å². The first-order valence-corrected chi connectivity index (χ1v) is 10.9. The second kappa shape index (κ2) is 8.70. The lowest BCUT2D eigenvalue weighted by Gasteiger charge is -2.33. The SMILES string of the molecule is Cc1cccc(C2=NN(C(=O)CN3CCN(C)CC3)C(c3cc(C)ccc3C)C2)c1. The molecule has 1 atom stereocenters. The van der Waals surface area contributed by atoms with Gasteiger partial charge in [-0.05, 0) is 44.5 Å². The highest BCUT2D eigenvalue weighted by molar-refractivity contribution is 6.03. The first kappa shape index (κ1) is 20.8. The van der Waals surface area contributed by atoms with Gasteiger partial charge in [-0.15, -0.1) is 0 Å². The van der Waals surface area contributed by atoms with Gasteiger partial charge in [0.15, 0.2) is 0 Å². The maximum Gasteiger partial charge on any atom is 0.257 e. The number of piperazine rings is 1. The molecule has 1 fully saturated rings. The minimum Gasteiger partial charge on any atom is -0.304 e. The number of carbonyl (C=O) groups is 1. The molecule has 0 aliphatic carbocycles. The van der Waals surface area contributed by atoms with Crippen molar-refractivity contribution in [3.05, 3.63) is 70.3 Å². The van der Waals surface area contributed by atoms with Gasteiger partial charge in [0.1, 0.15) is 0 Å². The minimum absolute atomic E-state index is 0.0413. The molecule has 2 aliphatic rings. The molecule has 5 heteroatoms. The molecule has 0 saturated carbocycles. The number of hydrogen-bond donors (Lipinski definition) is 0. The van der Waals surface area contributed by atoms with Crippen molar-refractivity contribution in [3.8, 4) is 0 Å². The zero-order valence-corrected chi connectivity index (χ0v) is 18.6. The van der Waals surface area contributed by atoms with Gasteiger partial charge in [-0.1, -0.05) is 53.6 Å². The summed E-state index contributed by atoms with van der Waals surface area (Å²) < 4.78 is 0. The molecule has 158 valence electrons. The van der Waals surface area contributed by atoms with Crippen LogP contribution in [0.2, 0.25) is 0 Å². The van der Waals surface area contributed by atoms with E-state index in [9.17, 15) is 4.79 Å². The lowest BCUT2D eigenvalue weighted by Crippen LogP contribution is -2.48. The van der Waals surface area contributed by atoms with Crippen LogP contribution in [0.5, 0.6) is 0 Å². The topological polar surface area (TPSA) is 39.2 Å².